The zero-order valence-corrected chi connectivity index (χ0v) is 20.1. The molecule has 7 heteroatoms. The third-order valence-corrected chi connectivity index (χ3v) is 6.77. The lowest BCUT2D eigenvalue weighted by molar-refractivity contribution is -0.115. The van der Waals surface area contributed by atoms with Gasteiger partial charge in [0.05, 0.1) is 19.5 Å². The predicted octanol–water partition coefficient (Wildman–Crippen LogP) is 5.91. The molecule has 0 saturated carbocycles. The number of carbonyl (C=O) groups is 2. The third kappa shape index (κ3) is 5.54. The maximum atomic E-state index is 12.6. The summed E-state index contributed by atoms with van der Waals surface area (Å²) in [6.07, 6.45) is 2.08. The van der Waals surface area contributed by atoms with Crippen LogP contribution < -0.4 is 19.7 Å². The first-order chi connectivity index (χ1) is 16.6. The van der Waals surface area contributed by atoms with E-state index in [0.29, 0.717) is 23.6 Å². The molecular formula is C27H28N2O4S. The molecule has 3 aromatic rings. The van der Waals surface area contributed by atoms with E-state index < -0.39 is 0 Å². The Morgan fingerprint density at radius 2 is 1.68 bits per heavy atom. The number of ether oxygens (including phenoxy) is 2. The van der Waals surface area contributed by atoms with Crippen LogP contribution in [-0.2, 0) is 4.79 Å². The van der Waals surface area contributed by atoms with Crippen LogP contribution in [0.4, 0.5) is 11.4 Å². The number of rotatable bonds is 9. The SMILES string of the molecule is CCCCOc1ccc(C(=O)Nc2ccc(C3SCC(=O)N3c3ccc(OC)cc3)cc2)cc1. The van der Waals surface area contributed by atoms with E-state index in [0.717, 1.165) is 35.6 Å². The topological polar surface area (TPSA) is 67.9 Å². The molecule has 2 amide bonds. The van der Waals surface area contributed by atoms with Gasteiger partial charge in [-0.3, -0.25) is 14.5 Å². The minimum atomic E-state index is -0.182. The molecule has 0 spiro atoms. The second-order valence-electron chi connectivity index (χ2n) is 7.93. The molecule has 0 radical (unpaired) electrons. The second-order valence-corrected chi connectivity index (χ2v) is 9.00. The number of nitrogens with zero attached hydrogens (tertiary/aromatic N) is 1. The fraction of sp³-hybridized carbons (Fsp3) is 0.259. The molecule has 1 heterocycles. The third-order valence-electron chi connectivity index (χ3n) is 5.56. The first-order valence-corrected chi connectivity index (χ1v) is 12.4. The summed E-state index contributed by atoms with van der Waals surface area (Å²) in [5, 5.41) is 2.81. The van der Waals surface area contributed by atoms with Gasteiger partial charge in [-0.25, -0.2) is 0 Å². The van der Waals surface area contributed by atoms with Crippen molar-refractivity contribution in [1.82, 2.24) is 0 Å². The molecule has 1 unspecified atom stereocenters. The van der Waals surface area contributed by atoms with Crippen molar-refractivity contribution in [1.29, 1.82) is 0 Å². The monoisotopic (exact) mass is 476 g/mol. The van der Waals surface area contributed by atoms with E-state index >= 15 is 0 Å². The number of hydrogen-bond donors (Lipinski definition) is 1. The number of benzene rings is 3. The summed E-state index contributed by atoms with van der Waals surface area (Å²) in [4.78, 5) is 27.0. The van der Waals surface area contributed by atoms with Crippen molar-refractivity contribution in [3.05, 3.63) is 83.9 Å². The molecule has 1 fully saturated rings. The summed E-state index contributed by atoms with van der Waals surface area (Å²) in [6, 6.07) is 22.3. The molecule has 34 heavy (non-hydrogen) atoms. The standard InChI is InChI=1S/C27H28N2O4S/c1-3-4-17-33-24-13-7-19(8-14-24)26(31)28-21-9-5-20(6-10-21)27-29(25(30)18-34-27)22-11-15-23(32-2)16-12-22/h5-16,27H,3-4,17-18H2,1-2H3,(H,28,31). The molecule has 0 bridgehead atoms. The lowest BCUT2D eigenvalue weighted by Gasteiger charge is -2.24. The second kappa shape index (κ2) is 11.1. The van der Waals surface area contributed by atoms with Gasteiger partial charge in [-0.15, -0.1) is 11.8 Å². The zero-order chi connectivity index (χ0) is 23.9. The Bertz CT molecular complexity index is 1110. The number of carbonyl (C=O) groups excluding carboxylic acids is 2. The quantitative estimate of drug-likeness (QED) is 0.389. The van der Waals surface area contributed by atoms with Crippen LogP contribution in [0.25, 0.3) is 0 Å². The van der Waals surface area contributed by atoms with Crippen LogP contribution in [0.5, 0.6) is 11.5 Å². The minimum Gasteiger partial charge on any atom is -0.497 e. The first kappa shape index (κ1) is 23.7. The average molecular weight is 477 g/mol. The Morgan fingerprint density at radius 1 is 1.00 bits per heavy atom. The zero-order valence-electron chi connectivity index (χ0n) is 19.3. The van der Waals surface area contributed by atoms with Crippen molar-refractivity contribution >= 4 is 35.0 Å². The number of thioether (sulfide) groups is 1. The highest BCUT2D eigenvalue weighted by molar-refractivity contribution is 8.00. The Labute approximate surface area is 204 Å². The van der Waals surface area contributed by atoms with Gasteiger partial charge in [-0.1, -0.05) is 25.5 Å². The van der Waals surface area contributed by atoms with Crippen molar-refractivity contribution < 1.29 is 19.1 Å². The maximum absolute atomic E-state index is 12.6. The lowest BCUT2D eigenvalue weighted by atomic mass is 10.1. The smallest absolute Gasteiger partial charge is 0.255 e. The summed E-state index contributed by atoms with van der Waals surface area (Å²) >= 11 is 1.59. The van der Waals surface area contributed by atoms with Gasteiger partial charge in [-0.2, -0.15) is 0 Å². The van der Waals surface area contributed by atoms with E-state index in [4.69, 9.17) is 9.47 Å². The fourth-order valence-electron chi connectivity index (χ4n) is 3.66. The summed E-state index contributed by atoms with van der Waals surface area (Å²) < 4.78 is 10.9. The Balaban J connectivity index is 1.41. The van der Waals surface area contributed by atoms with E-state index in [1.165, 1.54) is 0 Å². The van der Waals surface area contributed by atoms with Crippen molar-refractivity contribution in [3.63, 3.8) is 0 Å². The molecule has 4 rings (SSSR count). The molecular weight excluding hydrogens is 448 g/mol. The molecule has 0 aromatic heterocycles. The highest BCUT2D eigenvalue weighted by Crippen LogP contribution is 2.42. The summed E-state index contributed by atoms with van der Waals surface area (Å²) in [5.74, 6) is 1.82. The number of amides is 2. The first-order valence-electron chi connectivity index (χ1n) is 11.3. The van der Waals surface area contributed by atoms with Gasteiger partial charge in [0, 0.05) is 16.9 Å². The summed E-state index contributed by atoms with van der Waals surface area (Å²) in [7, 11) is 1.62. The van der Waals surface area contributed by atoms with Gasteiger partial charge in [0.25, 0.3) is 5.91 Å². The lowest BCUT2D eigenvalue weighted by Crippen LogP contribution is -2.27. The molecule has 1 N–H and O–H groups in total. The molecule has 6 nitrogen and oxygen atoms in total. The number of unbranched alkanes of at least 4 members (excludes halogenated alkanes) is 1. The molecule has 176 valence electrons. The van der Waals surface area contributed by atoms with Crippen molar-refractivity contribution in [3.8, 4) is 11.5 Å². The van der Waals surface area contributed by atoms with Gasteiger partial charge in [0.2, 0.25) is 5.91 Å². The Kier molecular flexibility index (Phi) is 7.75. The highest BCUT2D eigenvalue weighted by atomic mass is 32.2. The molecule has 1 saturated heterocycles. The number of anilines is 2. The summed E-state index contributed by atoms with van der Waals surface area (Å²) in [5.41, 5.74) is 3.09. The summed E-state index contributed by atoms with van der Waals surface area (Å²) in [6.45, 7) is 2.79. The van der Waals surface area contributed by atoms with Gasteiger partial charge in [-0.05, 0) is 72.6 Å². The van der Waals surface area contributed by atoms with Crippen molar-refractivity contribution in [2.75, 3.05) is 29.7 Å². The van der Waals surface area contributed by atoms with Gasteiger partial charge >= 0.3 is 0 Å². The van der Waals surface area contributed by atoms with Crippen LogP contribution in [0.15, 0.2) is 72.8 Å². The maximum Gasteiger partial charge on any atom is 0.255 e. The largest absolute Gasteiger partial charge is 0.497 e. The Hall–Kier alpha value is -3.45. The fourth-order valence-corrected chi connectivity index (χ4v) is 4.84. The average Bonchev–Trinajstić information content (AvgIpc) is 3.26. The van der Waals surface area contributed by atoms with Crippen LogP contribution in [0.1, 0.15) is 41.1 Å². The van der Waals surface area contributed by atoms with Crippen LogP contribution >= 0.6 is 11.8 Å². The molecule has 1 aliphatic rings. The van der Waals surface area contributed by atoms with E-state index in [-0.39, 0.29) is 17.2 Å². The highest BCUT2D eigenvalue weighted by Gasteiger charge is 2.34. The number of hydrogen-bond acceptors (Lipinski definition) is 5. The number of methoxy groups -OCH3 is 1. The predicted molar refractivity (Wildman–Crippen MR) is 137 cm³/mol. The van der Waals surface area contributed by atoms with E-state index in [9.17, 15) is 9.59 Å². The van der Waals surface area contributed by atoms with E-state index in [1.54, 1.807) is 31.0 Å². The van der Waals surface area contributed by atoms with E-state index in [2.05, 4.69) is 12.2 Å². The van der Waals surface area contributed by atoms with Crippen LogP contribution in [0.2, 0.25) is 0 Å². The van der Waals surface area contributed by atoms with E-state index in [1.807, 2.05) is 65.6 Å². The van der Waals surface area contributed by atoms with Crippen LogP contribution in [0, 0.1) is 0 Å². The van der Waals surface area contributed by atoms with Crippen molar-refractivity contribution in [2.45, 2.75) is 25.1 Å². The van der Waals surface area contributed by atoms with Gasteiger partial charge in [0.1, 0.15) is 16.9 Å². The molecule has 0 aliphatic carbocycles. The molecule has 1 atom stereocenters. The van der Waals surface area contributed by atoms with Crippen LogP contribution in [0.3, 0.4) is 0 Å². The number of nitrogens with one attached hydrogen (secondary N) is 1. The normalized spacial score (nSPS) is 15.3. The van der Waals surface area contributed by atoms with Crippen molar-refractivity contribution in [2.24, 2.45) is 0 Å². The Morgan fingerprint density at radius 3 is 2.32 bits per heavy atom. The minimum absolute atomic E-state index is 0.0691. The van der Waals surface area contributed by atoms with Gasteiger partial charge < -0.3 is 14.8 Å². The van der Waals surface area contributed by atoms with Crippen LogP contribution in [-0.4, -0.2) is 31.3 Å². The molecule has 3 aromatic carbocycles. The molecule has 1 aliphatic heterocycles. The van der Waals surface area contributed by atoms with Gasteiger partial charge in [0.15, 0.2) is 0 Å².